The lowest BCUT2D eigenvalue weighted by Gasteiger charge is -2.27. The van der Waals surface area contributed by atoms with Crippen molar-refractivity contribution in [2.75, 3.05) is 13.7 Å². The zero-order chi connectivity index (χ0) is 14.5. The summed E-state index contributed by atoms with van der Waals surface area (Å²) in [6, 6.07) is 0.441. The Morgan fingerprint density at radius 3 is 2.90 bits per heavy atom. The zero-order valence-electron chi connectivity index (χ0n) is 12.8. The number of nitrogens with one attached hydrogen (secondary N) is 1. The van der Waals surface area contributed by atoms with E-state index < -0.39 is 0 Å². The molecule has 0 radical (unpaired) electrons. The van der Waals surface area contributed by atoms with Gasteiger partial charge in [0.2, 0.25) is 0 Å². The number of rotatable bonds is 6. The summed E-state index contributed by atoms with van der Waals surface area (Å²) < 4.78 is 9.13. The normalized spacial score (nSPS) is 21.1. The van der Waals surface area contributed by atoms with Crippen molar-refractivity contribution in [3.8, 4) is 0 Å². The molecule has 1 aromatic rings. The van der Waals surface area contributed by atoms with Crippen LogP contribution in [0.15, 0.2) is 4.47 Å². The van der Waals surface area contributed by atoms with Crippen LogP contribution in [0.4, 0.5) is 0 Å². The number of halogens is 1. The van der Waals surface area contributed by atoms with E-state index in [1.807, 2.05) is 7.05 Å². The van der Waals surface area contributed by atoms with Gasteiger partial charge in [-0.3, -0.25) is 4.68 Å². The van der Waals surface area contributed by atoms with E-state index in [0.29, 0.717) is 12.1 Å². The quantitative estimate of drug-likeness (QED) is 0.862. The summed E-state index contributed by atoms with van der Waals surface area (Å²) in [4.78, 5) is 0. The molecule has 0 spiro atoms. The third-order valence-corrected chi connectivity index (χ3v) is 5.15. The summed E-state index contributed by atoms with van der Waals surface area (Å²) in [7, 11) is 2.04. The van der Waals surface area contributed by atoms with E-state index in [1.165, 1.54) is 25.0 Å². The minimum absolute atomic E-state index is 0.416. The standard InChI is InChI=1S/C15H26BrN3O/c1-4-19-14(15(16)11(2)18-19)10-12(17-3)9-13-7-5-6-8-20-13/h12-13,17H,4-10H2,1-3H3. The number of aromatic nitrogens is 2. The van der Waals surface area contributed by atoms with Gasteiger partial charge in [0.25, 0.3) is 0 Å². The van der Waals surface area contributed by atoms with E-state index in [-0.39, 0.29) is 0 Å². The minimum atomic E-state index is 0.416. The van der Waals surface area contributed by atoms with Crippen LogP contribution in [0.3, 0.4) is 0 Å². The van der Waals surface area contributed by atoms with E-state index in [2.05, 4.69) is 44.9 Å². The second-order valence-electron chi connectivity index (χ2n) is 5.58. The fraction of sp³-hybridized carbons (Fsp3) is 0.800. The van der Waals surface area contributed by atoms with Crippen molar-refractivity contribution in [3.63, 3.8) is 0 Å². The first-order valence-electron chi connectivity index (χ1n) is 7.66. The van der Waals surface area contributed by atoms with Crippen LogP contribution in [0, 0.1) is 6.92 Å². The largest absolute Gasteiger partial charge is 0.378 e. The highest BCUT2D eigenvalue weighted by Gasteiger charge is 2.22. The molecule has 2 rings (SSSR count). The lowest BCUT2D eigenvalue weighted by molar-refractivity contribution is 0.00557. The summed E-state index contributed by atoms with van der Waals surface area (Å²) in [5, 5.41) is 8.02. The third-order valence-electron chi connectivity index (χ3n) is 4.12. The summed E-state index contributed by atoms with van der Waals surface area (Å²) in [6.07, 6.45) is 6.21. The van der Waals surface area contributed by atoms with Crippen molar-refractivity contribution >= 4 is 15.9 Å². The summed E-state index contributed by atoms with van der Waals surface area (Å²) >= 11 is 3.68. The van der Waals surface area contributed by atoms with Crippen LogP contribution >= 0.6 is 15.9 Å². The molecule has 2 unspecified atom stereocenters. The van der Waals surface area contributed by atoms with Gasteiger partial charge in [0.1, 0.15) is 0 Å². The van der Waals surface area contributed by atoms with Gasteiger partial charge in [-0.25, -0.2) is 0 Å². The van der Waals surface area contributed by atoms with Crippen molar-refractivity contribution in [3.05, 3.63) is 15.9 Å². The number of hydrogen-bond acceptors (Lipinski definition) is 3. The van der Waals surface area contributed by atoms with Gasteiger partial charge in [0, 0.05) is 25.6 Å². The van der Waals surface area contributed by atoms with Crippen molar-refractivity contribution in [2.24, 2.45) is 0 Å². The molecule has 1 N–H and O–H groups in total. The van der Waals surface area contributed by atoms with Crippen molar-refractivity contribution < 1.29 is 4.74 Å². The van der Waals surface area contributed by atoms with Gasteiger partial charge < -0.3 is 10.1 Å². The number of likely N-dealkylation sites (N-methyl/N-ethyl adjacent to an activating group) is 1. The van der Waals surface area contributed by atoms with Crippen LogP contribution < -0.4 is 5.32 Å². The molecule has 114 valence electrons. The highest BCUT2D eigenvalue weighted by atomic mass is 79.9. The van der Waals surface area contributed by atoms with Crippen LogP contribution in [0.2, 0.25) is 0 Å². The molecule has 1 aliphatic rings. The monoisotopic (exact) mass is 343 g/mol. The Bertz CT molecular complexity index is 427. The van der Waals surface area contributed by atoms with Crippen LogP contribution in [0.25, 0.3) is 0 Å². The number of aryl methyl sites for hydroxylation is 2. The Morgan fingerprint density at radius 1 is 1.50 bits per heavy atom. The Balaban J connectivity index is 2.02. The third kappa shape index (κ3) is 3.83. The molecule has 0 saturated carbocycles. The number of nitrogens with zero attached hydrogens (tertiary/aromatic N) is 2. The number of ether oxygens (including phenoxy) is 1. The molecule has 0 amide bonds. The maximum absolute atomic E-state index is 5.87. The van der Waals surface area contributed by atoms with Crippen LogP contribution in [0.5, 0.6) is 0 Å². The first-order valence-corrected chi connectivity index (χ1v) is 8.45. The molecule has 2 atom stereocenters. The molecule has 1 aliphatic heterocycles. The van der Waals surface area contributed by atoms with E-state index in [9.17, 15) is 0 Å². The van der Waals surface area contributed by atoms with Crippen molar-refractivity contribution in [2.45, 2.75) is 64.6 Å². The Kier molecular flexibility index (Phi) is 6.05. The topological polar surface area (TPSA) is 39.1 Å². The lowest BCUT2D eigenvalue weighted by Crippen LogP contribution is -2.34. The van der Waals surface area contributed by atoms with Gasteiger partial charge in [0.15, 0.2) is 0 Å². The predicted octanol–water partition coefficient (Wildman–Crippen LogP) is 3.06. The second-order valence-corrected chi connectivity index (χ2v) is 6.37. The molecular weight excluding hydrogens is 318 g/mol. The highest BCUT2D eigenvalue weighted by Crippen LogP contribution is 2.24. The highest BCUT2D eigenvalue weighted by molar-refractivity contribution is 9.10. The van der Waals surface area contributed by atoms with Gasteiger partial charge in [-0.05, 0) is 62.5 Å². The minimum Gasteiger partial charge on any atom is -0.378 e. The van der Waals surface area contributed by atoms with Crippen molar-refractivity contribution in [1.82, 2.24) is 15.1 Å². The van der Waals surface area contributed by atoms with E-state index in [4.69, 9.17) is 4.74 Å². The summed E-state index contributed by atoms with van der Waals surface area (Å²) in [6.45, 7) is 6.04. The first kappa shape index (κ1) is 16.0. The maximum atomic E-state index is 5.87. The second kappa shape index (κ2) is 7.57. The van der Waals surface area contributed by atoms with Gasteiger partial charge >= 0.3 is 0 Å². The van der Waals surface area contributed by atoms with Gasteiger partial charge in [-0.15, -0.1) is 0 Å². The summed E-state index contributed by atoms with van der Waals surface area (Å²) in [5.74, 6) is 0. The molecule has 5 heteroatoms. The van der Waals surface area contributed by atoms with Crippen molar-refractivity contribution in [1.29, 1.82) is 0 Å². The van der Waals surface area contributed by atoms with Crippen LogP contribution in [0.1, 0.15) is 44.0 Å². The molecule has 0 bridgehead atoms. The predicted molar refractivity (Wildman–Crippen MR) is 85.1 cm³/mol. The molecule has 20 heavy (non-hydrogen) atoms. The fourth-order valence-electron chi connectivity index (χ4n) is 2.91. The zero-order valence-corrected chi connectivity index (χ0v) is 14.4. The van der Waals surface area contributed by atoms with Crippen LogP contribution in [-0.2, 0) is 17.7 Å². The maximum Gasteiger partial charge on any atom is 0.0738 e. The first-order chi connectivity index (χ1) is 9.65. The van der Waals surface area contributed by atoms with Crippen LogP contribution in [-0.4, -0.2) is 35.6 Å². The SMILES string of the molecule is CCn1nc(C)c(Br)c1CC(CC1CCCCO1)NC. The average molecular weight is 344 g/mol. The Morgan fingerprint density at radius 2 is 2.30 bits per heavy atom. The molecule has 1 saturated heterocycles. The Hall–Kier alpha value is -0.390. The lowest BCUT2D eigenvalue weighted by atomic mass is 9.99. The van der Waals surface area contributed by atoms with Gasteiger partial charge in [-0.1, -0.05) is 0 Å². The Labute approximate surface area is 130 Å². The van der Waals surface area contributed by atoms with Gasteiger partial charge in [0.05, 0.1) is 22.0 Å². The average Bonchev–Trinajstić information content (AvgIpc) is 2.75. The molecular formula is C15H26BrN3O. The molecule has 2 heterocycles. The van der Waals surface area contributed by atoms with E-state index >= 15 is 0 Å². The molecule has 1 fully saturated rings. The van der Waals surface area contributed by atoms with E-state index in [0.717, 1.165) is 36.2 Å². The number of hydrogen-bond donors (Lipinski definition) is 1. The molecule has 0 aromatic carbocycles. The fourth-order valence-corrected chi connectivity index (χ4v) is 3.36. The molecule has 0 aliphatic carbocycles. The molecule has 4 nitrogen and oxygen atoms in total. The summed E-state index contributed by atoms with van der Waals surface area (Å²) in [5.41, 5.74) is 2.37. The van der Waals surface area contributed by atoms with E-state index in [1.54, 1.807) is 0 Å². The smallest absolute Gasteiger partial charge is 0.0738 e. The van der Waals surface area contributed by atoms with Gasteiger partial charge in [-0.2, -0.15) is 5.10 Å². The molecule has 1 aromatic heterocycles.